The summed E-state index contributed by atoms with van der Waals surface area (Å²) < 4.78 is 0. The first-order chi connectivity index (χ1) is 9.90. The normalized spacial score (nSPS) is 10.9. The van der Waals surface area contributed by atoms with Gasteiger partial charge in [-0.2, -0.15) is 0 Å². The Bertz CT molecular complexity index is 633. The Morgan fingerprint density at radius 2 is 2.14 bits per heavy atom. The van der Waals surface area contributed by atoms with Crippen LogP contribution in [0.2, 0.25) is 0 Å². The van der Waals surface area contributed by atoms with Gasteiger partial charge in [-0.1, -0.05) is 18.3 Å². The van der Waals surface area contributed by atoms with Crippen LogP contribution < -0.4 is 10.6 Å². The highest BCUT2D eigenvalue weighted by atomic mass is 32.1. The Labute approximate surface area is 135 Å². The van der Waals surface area contributed by atoms with E-state index >= 15 is 0 Å². The number of thiocarbonyl (C=S) groups is 1. The van der Waals surface area contributed by atoms with Gasteiger partial charge in [0.2, 0.25) is 0 Å². The molecule has 21 heavy (non-hydrogen) atoms. The summed E-state index contributed by atoms with van der Waals surface area (Å²) >= 11 is 7.01. The number of hydrogen-bond donors (Lipinski definition) is 1. The smallest absolute Gasteiger partial charge is 0.107 e. The van der Waals surface area contributed by atoms with E-state index in [1.54, 1.807) is 11.3 Å². The average Bonchev–Trinajstić information content (AvgIpc) is 2.86. The SMILES string of the molecule is Cc1cc(N(Cc2cccs2)C(C)C)c(C(N)=S)c(C)n1. The monoisotopic (exact) mass is 319 g/mol. The molecule has 0 saturated heterocycles. The van der Waals surface area contributed by atoms with Crippen LogP contribution in [0.4, 0.5) is 5.69 Å². The molecule has 2 aromatic rings. The fourth-order valence-electron chi connectivity index (χ4n) is 2.46. The number of nitrogens with two attached hydrogens (primary N) is 1. The fourth-order valence-corrected chi connectivity index (χ4v) is 3.41. The molecule has 0 saturated carbocycles. The van der Waals surface area contributed by atoms with E-state index in [0.717, 1.165) is 29.2 Å². The van der Waals surface area contributed by atoms with Gasteiger partial charge in [-0.15, -0.1) is 11.3 Å². The van der Waals surface area contributed by atoms with E-state index in [2.05, 4.69) is 47.3 Å². The van der Waals surface area contributed by atoms with E-state index in [1.807, 2.05) is 13.8 Å². The summed E-state index contributed by atoms with van der Waals surface area (Å²) in [5.41, 5.74) is 9.80. The molecule has 0 amide bonds. The maximum Gasteiger partial charge on any atom is 0.107 e. The van der Waals surface area contributed by atoms with Crippen molar-refractivity contribution in [3.8, 4) is 0 Å². The van der Waals surface area contributed by atoms with Gasteiger partial charge in [-0.3, -0.25) is 4.98 Å². The van der Waals surface area contributed by atoms with E-state index < -0.39 is 0 Å². The van der Waals surface area contributed by atoms with Crippen LogP contribution in [0.15, 0.2) is 23.6 Å². The minimum absolute atomic E-state index is 0.349. The number of thiophene rings is 1. The zero-order valence-electron chi connectivity index (χ0n) is 12.9. The molecule has 0 bridgehead atoms. The number of pyridine rings is 1. The van der Waals surface area contributed by atoms with Gasteiger partial charge in [0.05, 0.1) is 17.8 Å². The lowest BCUT2D eigenvalue weighted by atomic mass is 10.1. The molecule has 0 unspecified atom stereocenters. The third-order valence-corrected chi connectivity index (χ3v) is 4.46. The van der Waals surface area contributed by atoms with E-state index in [1.165, 1.54) is 4.88 Å². The summed E-state index contributed by atoms with van der Waals surface area (Å²) in [7, 11) is 0. The van der Waals surface area contributed by atoms with E-state index in [9.17, 15) is 0 Å². The maximum atomic E-state index is 5.94. The molecule has 0 aliphatic rings. The summed E-state index contributed by atoms with van der Waals surface area (Å²) in [4.78, 5) is 8.57. The molecular formula is C16H21N3S2. The molecule has 3 nitrogen and oxygen atoms in total. The lowest BCUT2D eigenvalue weighted by Crippen LogP contribution is -2.32. The molecule has 0 radical (unpaired) electrons. The molecule has 0 spiro atoms. The second-order valence-electron chi connectivity index (χ2n) is 5.41. The topological polar surface area (TPSA) is 42.1 Å². The van der Waals surface area contributed by atoms with Gasteiger partial charge in [0.25, 0.3) is 0 Å². The maximum absolute atomic E-state index is 5.94. The molecule has 0 fully saturated rings. The lowest BCUT2D eigenvalue weighted by molar-refractivity contribution is 0.685. The Morgan fingerprint density at radius 3 is 2.67 bits per heavy atom. The molecule has 2 aromatic heterocycles. The Hall–Kier alpha value is -1.46. The van der Waals surface area contributed by atoms with Gasteiger partial charge < -0.3 is 10.6 Å². The molecule has 2 N–H and O–H groups in total. The van der Waals surface area contributed by atoms with Crippen LogP contribution in [0.5, 0.6) is 0 Å². The quantitative estimate of drug-likeness (QED) is 0.851. The van der Waals surface area contributed by atoms with Crippen LogP contribution in [0.3, 0.4) is 0 Å². The zero-order chi connectivity index (χ0) is 15.6. The van der Waals surface area contributed by atoms with Crippen LogP contribution in [-0.4, -0.2) is 16.0 Å². The fraction of sp³-hybridized carbons (Fsp3) is 0.375. The molecule has 0 aliphatic carbocycles. The molecule has 0 aromatic carbocycles. The van der Waals surface area contributed by atoms with Crippen molar-refractivity contribution in [2.45, 2.75) is 40.3 Å². The Balaban J connectivity index is 2.51. The summed E-state index contributed by atoms with van der Waals surface area (Å²) in [5.74, 6) is 0. The lowest BCUT2D eigenvalue weighted by Gasteiger charge is -2.31. The average molecular weight is 319 g/mol. The molecule has 2 heterocycles. The highest BCUT2D eigenvalue weighted by Crippen LogP contribution is 2.28. The summed E-state index contributed by atoms with van der Waals surface area (Å²) in [6.07, 6.45) is 0. The minimum Gasteiger partial charge on any atom is -0.389 e. The highest BCUT2D eigenvalue weighted by Gasteiger charge is 2.19. The standard InChI is InChI=1S/C16H21N3S2/c1-10(2)19(9-13-6-5-7-21-13)14-8-11(3)18-12(4)15(14)16(17)20/h5-8,10H,9H2,1-4H3,(H2,17,20). The highest BCUT2D eigenvalue weighted by molar-refractivity contribution is 7.80. The van der Waals surface area contributed by atoms with Crippen molar-refractivity contribution >= 4 is 34.2 Å². The third-order valence-electron chi connectivity index (χ3n) is 3.39. The molecule has 2 rings (SSSR count). The minimum atomic E-state index is 0.349. The van der Waals surface area contributed by atoms with E-state index in [-0.39, 0.29) is 0 Å². The molecule has 0 atom stereocenters. The van der Waals surface area contributed by atoms with Crippen molar-refractivity contribution in [3.63, 3.8) is 0 Å². The van der Waals surface area contributed by atoms with Gasteiger partial charge in [-0.05, 0) is 45.2 Å². The molecule has 0 aliphatic heterocycles. The van der Waals surface area contributed by atoms with Crippen molar-refractivity contribution in [3.05, 3.63) is 45.4 Å². The number of anilines is 1. The van der Waals surface area contributed by atoms with Crippen LogP contribution in [0.25, 0.3) is 0 Å². The largest absolute Gasteiger partial charge is 0.389 e. The first kappa shape index (κ1) is 15.9. The predicted octanol–water partition coefficient (Wildman–Crippen LogP) is 3.81. The van der Waals surface area contributed by atoms with Crippen molar-refractivity contribution < 1.29 is 0 Å². The zero-order valence-corrected chi connectivity index (χ0v) is 14.5. The summed E-state index contributed by atoms with van der Waals surface area (Å²) in [5, 5.41) is 2.10. The van der Waals surface area contributed by atoms with Crippen molar-refractivity contribution in [2.75, 3.05) is 4.90 Å². The Morgan fingerprint density at radius 1 is 1.43 bits per heavy atom. The van der Waals surface area contributed by atoms with Gasteiger partial charge >= 0.3 is 0 Å². The summed E-state index contributed by atoms with van der Waals surface area (Å²) in [6, 6.07) is 6.66. The predicted molar refractivity (Wildman–Crippen MR) is 95.2 cm³/mol. The van der Waals surface area contributed by atoms with Crippen LogP contribution in [0, 0.1) is 13.8 Å². The number of rotatable bonds is 5. The van der Waals surface area contributed by atoms with Crippen molar-refractivity contribution in [1.82, 2.24) is 4.98 Å². The first-order valence-electron chi connectivity index (χ1n) is 6.97. The van der Waals surface area contributed by atoms with Crippen LogP contribution in [0.1, 0.15) is 35.7 Å². The second kappa shape index (κ2) is 6.54. The number of aryl methyl sites for hydroxylation is 2. The van der Waals surface area contributed by atoms with Crippen molar-refractivity contribution in [2.24, 2.45) is 5.73 Å². The van der Waals surface area contributed by atoms with Crippen LogP contribution >= 0.6 is 23.6 Å². The molecular weight excluding hydrogens is 298 g/mol. The van der Waals surface area contributed by atoms with E-state index in [0.29, 0.717) is 11.0 Å². The van der Waals surface area contributed by atoms with Gasteiger partial charge in [-0.25, -0.2) is 0 Å². The third kappa shape index (κ3) is 3.60. The Kier molecular flexibility index (Phi) is 4.96. The van der Waals surface area contributed by atoms with Gasteiger partial charge in [0.15, 0.2) is 0 Å². The van der Waals surface area contributed by atoms with Crippen LogP contribution in [-0.2, 0) is 6.54 Å². The molecule has 112 valence electrons. The van der Waals surface area contributed by atoms with Gasteiger partial charge in [0, 0.05) is 22.3 Å². The molecule has 5 heteroatoms. The van der Waals surface area contributed by atoms with Crippen molar-refractivity contribution in [1.29, 1.82) is 0 Å². The van der Waals surface area contributed by atoms with Gasteiger partial charge in [0.1, 0.15) is 4.99 Å². The second-order valence-corrected chi connectivity index (χ2v) is 6.88. The summed E-state index contributed by atoms with van der Waals surface area (Å²) in [6.45, 7) is 9.19. The number of hydrogen-bond acceptors (Lipinski definition) is 4. The first-order valence-corrected chi connectivity index (χ1v) is 8.26. The van der Waals surface area contributed by atoms with E-state index in [4.69, 9.17) is 18.0 Å². The number of aromatic nitrogens is 1. The number of nitrogens with zero attached hydrogens (tertiary/aromatic N) is 2.